The number of fused-ring (bicyclic) bond motifs is 1. The molecule has 23 heavy (non-hydrogen) atoms. The first kappa shape index (κ1) is 15.9. The molecule has 0 radical (unpaired) electrons. The summed E-state index contributed by atoms with van der Waals surface area (Å²) in [4.78, 5) is 15.3. The summed E-state index contributed by atoms with van der Waals surface area (Å²) in [7, 11) is 3.68. The normalized spacial score (nSPS) is 23.3. The van der Waals surface area contributed by atoms with Gasteiger partial charge in [-0.05, 0) is 24.6 Å². The van der Waals surface area contributed by atoms with Crippen molar-refractivity contribution in [3.63, 3.8) is 0 Å². The second-order valence-corrected chi connectivity index (χ2v) is 7.08. The van der Waals surface area contributed by atoms with Crippen LogP contribution in [0.4, 0.5) is 5.69 Å². The number of ether oxygens (including phenoxy) is 1. The molecule has 0 saturated heterocycles. The Kier molecular flexibility index (Phi) is 4.35. The highest BCUT2D eigenvalue weighted by Crippen LogP contribution is 2.56. The molecule has 2 atom stereocenters. The number of hydrogen-bond acceptors (Lipinski definition) is 4. The van der Waals surface area contributed by atoms with E-state index in [1.54, 1.807) is 18.9 Å². The van der Waals surface area contributed by atoms with Crippen molar-refractivity contribution in [2.24, 2.45) is 0 Å². The van der Waals surface area contributed by atoms with E-state index in [0.29, 0.717) is 0 Å². The molecule has 1 aliphatic rings. The van der Waals surface area contributed by atoms with Crippen LogP contribution in [0.25, 0.3) is 0 Å². The Balaban J connectivity index is 2.23. The number of thioether (sulfide) groups is 1. The third-order valence-electron chi connectivity index (χ3n) is 4.65. The number of hydrogen-bond donors (Lipinski definition) is 0. The molecular formula is C19H21NO2S. The van der Waals surface area contributed by atoms with Crippen molar-refractivity contribution < 1.29 is 9.53 Å². The molecule has 0 spiro atoms. The smallest absolute Gasteiger partial charge is 0.144 e. The predicted octanol–water partition coefficient (Wildman–Crippen LogP) is 4.11. The summed E-state index contributed by atoms with van der Waals surface area (Å²) < 4.78 is 5.23. The zero-order chi connectivity index (χ0) is 16.4. The SMILES string of the molecule is CCC1(c2ccccc2OC)Sc2ccccc2N(C)C1C=O. The molecule has 0 N–H and O–H groups in total. The molecule has 4 heteroatoms. The van der Waals surface area contributed by atoms with E-state index in [-0.39, 0.29) is 10.8 Å². The van der Waals surface area contributed by atoms with E-state index in [9.17, 15) is 4.79 Å². The van der Waals surface area contributed by atoms with Gasteiger partial charge in [0, 0.05) is 17.5 Å². The van der Waals surface area contributed by atoms with Gasteiger partial charge in [0.1, 0.15) is 18.1 Å². The highest BCUT2D eigenvalue weighted by Gasteiger charge is 2.47. The van der Waals surface area contributed by atoms with Crippen molar-refractivity contribution in [1.29, 1.82) is 0 Å². The summed E-state index contributed by atoms with van der Waals surface area (Å²) in [6.07, 6.45) is 1.90. The number of carbonyl (C=O) groups excluding carboxylic acids is 1. The third-order valence-corrected chi connectivity index (χ3v) is 6.33. The Morgan fingerprint density at radius 2 is 1.91 bits per heavy atom. The average Bonchev–Trinajstić information content (AvgIpc) is 2.61. The maximum absolute atomic E-state index is 12.0. The molecule has 2 aromatic rings. The lowest BCUT2D eigenvalue weighted by Crippen LogP contribution is -2.51. The van der Waals surface area contributed by atoms with Gasteiger partial charge in [0.05, 0.1) is 17.5 Å². The van der Waals surface area contributed by atoms with Crippen LogP contribution in [0, 0.1) is 0 Å². The summed E-state index contributed by atoms with van der Waals surface area (Å²) >= 11 is 1.77. The minimum atomic E-state index is -0.364. The molecule has 1 heterocycles. The Labute approximate surface area is 141 Å². The maximum atomic E-state index is 12.0. The number of aldehydes is 1. The molecule has 0 amide bonds. The van der Waals surface area contributed by atoms with Crippen LogP contribution in [0.5, 0.6) is 5.75 Å². The van der Waals surface area contributed by atoms with Gasteiger partial charge in [0.25, 0.3) is 0 Å². The number of rotatable bonds is 4. The summed E-state index contributed by atoms with van der Waals surface area (Å²) in [5.74, 6) is 0.835. The van der Waals surface area contributed by atoms with Gasteiger partial charge in [-0.1, -0.05) is 37.3 Å². The number of carbonyl (C=O) groups is 1. The zero-order valence-corrected chi connectivity index (χ0v) is 14.5. The molecule has 2 aromatic carbocycles. The van der Waals surface area contributed by atoms with Gasteiger partial charge in [-0.15, -0.1) is 11.8 Å². The van der Waals surface area contributed by atoms with Gasteiger partial charge in [-0.2, -0.15) is 0 Å². The van der Waals surface area contributed by atoms with Crippen LogP contribution in [0.3, 0.4) is 0 Å². The van der Waals surface area contributed by atoms with Gasteiger partial charge in [0.2, 0.25) is 0 Å². The summed E-state index contributed by atoms with van der Waals surface area (Å²) in [6, 6.07) is 16.0. The Bertz CT molecular complexity index is 718. The Morgan fingerprint density at radius 3 is 2.61 bits per heavy atom. The summed E-state index contributed by atoms with van der Waals surface area (Å²) in [5.41, 5.74) is 2.18. The first-order valence-electron chi connectivity index (χ1n) is 7.77. The van der Waals surface area contributed by atoms with Crippen LogP contribution in [0.15, 0.2) is 53.4 Å². The fourth-order valence-electron chi connectivity index (χ4n) is 3.44. The van der Waals surface area contributed by atoms with Crippen LogP contribution in [0.1, 0.15) is 18.9 Å². The highest BCUT2D eigenvalue weighted by atomic mass is 32.2. The molecular weight excluding hydrogens is 306 g/mol. The second kappa shape index (κ2) is 6.28. The van der Waals surface area contributed by atoms with Crippen LogP contribution < -0.4 is 9.64 Å². The minimum Gasteiger partial charge on any atom is -0.496 e. The standard InChI is InChI=1S/C19H21NO2S/c1-4-19(14-9-5-7-11-16(14)22-3)18(13-21)20(2)15-10-6-8-12-17(15)23-19/h5-13,18H,4H2,1-3H3. The molecule has 3 rings (SSSR count). The number of nitrogens with zero attached hydrogens (tertiary/aromatic N) is 1. The molecule has 0 bridgehead atoms. The van der Waals surface area contributed by atoms with E-state index >= 15 is 0 Å². The number of methoxy groups -OCH3 is 1. The highest BCUT2D eigenvalue weighted by molar-refractivity contribution is 8.00. The molecule has 3 nitrogen and oxygen atoms in total. The van der Waals surface area contributed by atoms with Gasteiger partial charge < -0.3 is 14.4 Å². The van der Waals surface area contributed by atoms with Gasteiger partial charge in [-0.25, -0.2) is 0 Å². The maximum Gasteiger partial charge on any atom is 0.144 e. The lowest BCUT2D eigenvalue weighted by Gasteiger charge is -2.47. The zero-order valence-electron chi connectivity index (χ0n) is 13.7. The van der Waals surface area contributed by atoms with Crippen LogP contribution >= 0.6 is 11.8 Å². The average molecular weight is 327 g/mol. The number of likely N-dealkylation sites (N-methyl/N-ethyl adjacent to an activating group) is 1. The fourth-order valence-corrected chi connectivity index (χ4v) is 5.05. The van der Waals surface area contributed by atoms with Crippen molar-refractivity contribution in [2.45, 2.75) is 29.0 Å². The molecule has 0 aliphatic carbocycles. The van der Waals surface area contributed by atoms with E-state index < -0.39 is 0 Å². The van der Waals surface area contributed by atoms with Gasteiger partial charge in [0.15, 0.2) is 0 Å². The predicted molar refractivity (Wildman–Crippen MR) is 95.5 cm³/mol. The molecule has 0 fully saturated rings. The van der Waals surface area contributed by atoms with Gasteiger partial charge >= 0.3 is 0 Å². The third kappa shape index (κ3) is 2.41. The monoisotopic (exact) mass is 327 g/mol. The van der Waals surface area contributed by atoms with Crippen molar-refractivity contribution in [1.82, 2.24) is 0 Å². The van der Waals surface area contributed by atoms with Crippen LogP contribution in [-0.4, -0.2) is 26.5 Å². The molecule has 1 aliphatic heterocycles. The van der Waals surface area contributed by atoms with Crippen LogP contribution in [-0.2, 0) is 9.54 Å². The lowest BCUT2D eigenvalue weighted by molar-refractivity contribution is -0.109. The lowest BCUT2D eigenvalue weighted by atomic mass is 9.86. The topological polar surface area (TPSA) is 29.5 Å². The first-order chi connectivity index (χ1) is 11.2. The van der Waals surface area contributed by atoms with Crippen molar-refractivity contribution in [3.8, 4) is 5.75 Å². The largest absolute Gasteiger partial charge is 0.496 e. The summed E-state index contributed by atoms with van der Waals surface area (Å²) in [5, 5.41) is 0. The first-order valence-corrected chi connectivity index (χ1v) is 8.59. The van der Waals surface area contributed by atoms with E-state index in [1.807, 2.05) is 37.4 Å². The van der Waals surface area contributed by atoms with Gasteiger partial charge in [-0.3, -0.25) is 0 Å². The van der Waals surface area contributed by atoms with Crippen molar-refractivity contribution in [3.05, 3.63) is 54.1 Å². The molecule has 2 unspecified atom stereocenters. The van der Waals surface area contributed by atoms with Crippen molar-refractivity contribution in [2.75, 3.05) is 19.1 Å². The van der Waals surface area contributed by atoms with E-state index in [4.69, 9.17) is 4.74 Å². The van der Waals surface area contributed by atoms with Crippen molar-refractivity contribution >= 4 is 23.7 Å². The Hall–Kier alpha value is -1.94. The molecule has 0 aromatic heterocycles. The number of para-hydroxylation sites is 2. The second-order valence-electron chi connectivity index (χ2n) is 5.70. The fraction of sp³-hybridized carbons (Fsp3) is 0.316. The minimum absolute atomic E-state index is 0.247. The summed E-state index contributed by atoms with van der Waals surface area (Å²) in [6.45, 7) is 2.14. The van der Waals surface area contributed by atoms with E-state index in [1.165, 1.54) is 4.90 Å². The number of benzene rings is 2. The van der Waals surface area contributed by atoms with E-state index in [0.717, 1.165) is 29.7 Å². The van der Waals surface area contributed by atoms with Crippen LogP contribution in [0.2, 0.25) is 0 Å². The molecule has 120 valence electrons. The number of anilines is 1. The Morgan fingerprint density at radius 1 is 1.22 bits per heavy atom. The molecule has 0 saturated carbocycles. The quantitative estimate of drug-likeness (QED) is 0.791. The van der Waals surface area contributed by atoms with E-state index in [2.05, 4.69) is 30.0 Å².